The van der Waals surface area contributed by atoms with E-state index in [1.807, 2.05) is 20.8 Å². The van der Waals surface area contributed by atoms with Crippen LogP contribution in [-0.4, -0.2) is 228 Å². The van der Waals surface area contributed by atoms with Crippen LogP contribution >= 0.6 is 11.6 Å². The van der Waals surface area contributed by atoms with Crippen molar-refractivity contribution in [2.75, 3.05) is 75.5 Å². The lowest BCUT2D eigenvalue weighted by Crippen LogP contribution is -2.68. The first kappa shape index (κ1) is 74.2. The van der Waals surface area contributed by atoms with E-state index in [1.165, 1.54) is 79.9 Å². The Hall–Kier alpha value is -6.53. The first-order valence-electron chi connectivity index (χ1n) is 31.9. The number of benzene rings is 1. The molecular formula is C64H99ClF3N11O11. The molecule has 1 unspecified atom stereocenters. The van der Waals surface area contributed by atoms with Gasteiger partial charge in [0.2, 0.25) is 65.0 Å². The van der Waals surface area contributed by atoms with Gasteiger partial charge in [0.1, 0.15) is 41.8 Å². The maximum absolute atomic E-state index is 15.0. The van der Waals surface area contributed by atoms with Crippen LogP contribution < -0.4 is 16.0 Å². The van der Waals surface area contributed by atoms with Gasteiger partial charge < -0.3 is 55.1 Å². The standard InChI is InChI=1S/C64H99ClF3N11O11/c1-15-40(6)54-60(88)74(10)36-52(82)72(8)37-53(83)77(13)49(34-42-21-17-16-18-22-42)59(87)73(9)35-50(80)69-46(27-25-43-24-26-44(45(65)33-43)64(66,67)68)58(86)79-30-19-23-47(79)57(85)71-63(28-20-29-63)62(90)78(14)55(39(4)5)61(89)75(11)41(7)32-51(81)76(12)48(31-38(2)3)56(84)70-54/h24,26,33,38-42,46-49,54-55H,15-23,25,27-32,34-37H2,1-14H3,(H,69,80)(H,70,84)(H,71,85)/t40-,41+,46-,47?,48-,49-,54-,55-/m0/s1. The minimum absolute atomic E-state index is 0.0342. The van der Waals surface area contributed by atoms with Gasteiger partial charge in [0.05, 0.1) is 30.2 Å². The third-order valence-electron chi connectivity index (χ3n) is 19.0. The molecule has 0 aromatic heterocycles. The number of nitrogens with zero attached hydrogens (tertiary/aromatic N) is 8. The molecule has 26 heteroatoms. The predicted molar refractivity (Wildman–Crippen MR) is 332 cm³/mol. The number of nitrogens with one attached hydrogen (secondary N) is 3. The lowest BCUT2D eigenvalue weighted by molar-refractivity contribution is -0.155. The minimum atomic E-state index is -4.74. The SMILES string of the molecule is CC[C@H](C)[C@@H]1NC(=O)[C@H](CC(C)C)N(C)C(=O)C[C@@H](C)N(C)C(=O)[C@H](C(C)C)N(C)C(=O)C2(CCC2)NC(=O)C2CCCN2C(=O)[C@H](CCc2ccc(C(F)(F)F)c(Cl)c2)NC(=O)CN(C)C(=O)[C@H](CC2CCCCC2)N(C)C(=O)CN(C)C(=O)CN(C)C1=O. The van der Waals surface area contributed by atoms with Gasteiger partial charge in [0.25, 0.3) is 0 Å². The molecule has 2 aliphatic heterocycles. The van der Waals surface area contributed by atoms with Crippen molar-refractivity contribution >= 4 is 76.6 Å². The summed E-state index contributed by atoms with van der Waals surface area (Å²) in [5.74, 6) is -7.69. The Labute approximate surface area is 534 Å². The lowest BCUT2D eigenvalue weighted by Gasteiger charge is -2.46. The van der Waals surface area contributed by atoms with E-state index in [4.69, 9.17) is 11.6 Å². The third kappa shape index (κ3) is 18.6. The molecule has 504 valence electrons. The zero-order valence-corrected chi connectivity index (χ0v) is 56.1. The molecule has 0 radical (unpaired) electrons. The van der Waals surface area contributed by atoms with Crippen LogP contribution in [0.1, 0.15) is 156 Å². The third-order valence-corrected chi connectivity index (χ3v) is 19.3. The van der Waals surface area contributed by atoms with Crippen molar-refractivity contribution in [2.45, 2.75) is 205 Å². The highest BCUT2D eigenvalue weighted by molar-refractivity contribution is 6.31. The van der Waals surface area contributed by atoms with Gasteiger partial charge in [-0.05, 0) is 106 Å². The number of carbonyl (C=O) groups is 11. The summed E-state index contributed by atoms with van der Waals surface area (Å²) >= 11 is 6.10. The smallest absolute Gasteiger partial charge is 0.343 e. The van der Waals surface area contributed by atoms with E-state index in [-0.39, 0.29) is 69.7 Å². The molecule has 3 N–H and O–H groups in total. The number of carbonyl (C=O) groups excluding carboxylic acids is 11. The van der Waals surface area contributed by atoms with Crippen molar-refractivity contribution < 1.29 is 65.9 Å². The van der Waals surface area contributed by atoms with Gasteiger partial charge in [-0.25, -0.2) is 0 Å². The summed E-state index contributed by atoms with van der Waals surface area (Å²) in [6, 6.07) is -4.51. The van der Waals surface area contributed by atoms with Crippen LogP contribution in [0.15, 0.2) is 18.2 Å². The molecule has 2 saturated carbocycles. The molecule has 2 saturated heterocycles. The number of likely N-dealkylation sites (N-methyl/N-ethyl adjacent to an activating group) is 7. The van der Waals surface area contributed by atoms with Crippen molar-refractivity contribution in [3.63, 3.8) is 0 Å². The average molecular weight is 1290 g/mol. The molecule has 2 heterocycles. The van der Waals surface area contributed by atoms with Gasteiger partial charge in [0.15, 0.2) is 0 Å². The molecule has 11 amide bonds. The van der Waals surface area contributed by atoms with Gasteiger partial charge in [0, 0.05) is 68.3 Å². The largest absolute Gasteiger partial charge is 0.417 e. The summed E-state index contributed by atoms with van der Waals surface area (Å²) in [6.07, 6.45) is 1.55. The Morgan fingerprint density at radius 3 is 1.83 bits per heavy atom. The number of amides is 11. The molecule has 1 spiro atoms. The van der Waals surface area contributed by atoms with E-state index >= 15 is 0 Å². The van der Waals surface area contributed by atoms with Crippen molar-refractivity contribution in [3.8, 4) is 0 Å². The second-order valence-electron chi connectivity index (χ2n) is 26.6. The summed E-state index contributed by atoms with van der Waals surface area (Å²) in [4.78, 5) is 169. The van der Waals surface area contributed by atoms with Gasteiger partial charge in [-0.3, -0.25) is 52.7 Å². The first-order chi connectivity index (χ1) is 42.0. The molecule has 4 fully saturated rings. The van der Waals surface area contributed by atoms with E-state index in [0.717, 1.165) is 58.9 Å². The van der Waals surface area contributed by atoms with Crippen LogP contribution in [0, 0.1) is 23.7 Å². The van der Waals surface area contributed by atoms with E-state index in [9.17, 15) is 65.9 Å². The fourth-order valence-corrected chi connectivity index (χ4v) is 13.0. The highest BCUT2D eigenvalue weighted by Crippen LogP contribution is 2.38. The Balaban J connectivity index is 1.54. The molecule has 2 aliphatic carbocycles. The van der Waals surface area contributed by atoms with Crippen LogP contribution in [0.2, 0.25) is 5.02 Å². The van der Waals surface area contributed by atoms with E-state index < -0.39 is 161 Å². The summed E-state index contributed by atoms with van der Waals surface area (Å²) in [5, 5.41) is 8.02. The lowest BCUT2D eigenvalue weighted by atomic mass is 9.75. The molecule has 90 heavy (non-hydrogen) atoms. The van der Waals surface area contributed by atoms with Crippen molar-refractivity contribution in [3.05, 3.63) is 34.3 Å². The average Bonchev–Trinajstić information content (AvgIpc) is 0.995. The normalized spacial score (nSPS) is 26.3. The second-order valence-corrected chi connectivity index (χ2v) is 27.0. The Kier molecular flexibility index (Phi) is 26.5. The fourth-order valence-electron chi connectivity index (χ4n) is 12.7. The molecule has 8 atom stereocenters. The Bertz CT molecular complexity index is 2780. The minimum Gasteiger partial charge on any atom is -0.343 e. The molecule has 1 aromatic rings. The molecule has 22 nitrogen and oxygen atoms in total. The van der Waals surface area contributed by atoms with Crippen LogP contribution in [0.4, 0.5) is 13.2 Å². The van der Waals surface area contributed by atoms with Gasteiger partial charge in [-0.15, -0.1) is 0 Å². The van der Waals surface area contributed by atoms with Crippen molar-refractivity contribution in [1.29, 1.82) is 0 Å². The van der Waals surface area contributed by atoms with E-state index in [1.54, 1.807) is 27.7 Å². The number of hydrogen-bond donors (Lipinski definition) is 3. The van der Waals surface area contributed by atoms with Gasteiger partial charge in [-0.2, -0.15) is 13.2 Å². The van der Waals surface area contributed by atoms with Gasteiger partial charge in [-0.1, -0.05) is 97.7 Å². The molecule has 0 bridgehead atoms. The first-order valence-corrected chi connectivity index (χ1v) is 32.3. The Morgan fingerprint density at radius 1 is 0.656 bits per heavy atom. The summed E-state index contributed by atoms with van der Waals surface area (Å²) < 4.78 is 41.3. The number of alkyl halides is 3. The van der Waals surface area contributed by atoms with Crippen LogP contribution in [0.3, 0.4) is 0 Å². The fraction of sp³-hybridized carbons (Fsp3) is 0.734. The topological polar surface area (TPSA) is 250 Å². The number of aryl methyl sites for hydroxylation is 1. The summed E-state index contributed by atoms with van der Waals surface area (Å²) in [6.45, 7) is 11.0. The molecule has 1 aromatic carbocycles. The molecular weight excluding hydrogens is 1190 g/mol. The number of rotatable bonds is 10. The summed E-state index contributed by atoms with van der Waals surface area (Å²) in [5.41, 5.74) is -2.22. The van der Waals surface area contributed by atoms with Crippen molar-refractivity contribution in [1.82, 2.24) is 55.1 Å². The molecule has 5 rings (SSSR count). The second kappa shape index (κ2) is 32.2. The zero-order chi connectivity index (χ0) is 67.4. The highest BCUT2D eigenvalue weighted by Gasteiger charge is 2.52. The number of fused-ring (bicyclic) bond motifs is 1. The number of halogens is 4. The number of hydrogen-bond acceptors (Lipinski definition) is 11. The highest BCUT2D eigenvalue weighted by atomic mass is 35.5. The summed E-state index contributed by atoms with van der Waals surface area (Å²) in [7, 11) is 10.1. The monoisotopic (exact) mass is 1290 g/mol. The van der Waals surface area contributed by atoms with Gasteiger partial charge >= 0.3 is 6.18 Å². The quantitative estimate of drug-likeness (QED) is 0.278. The maximum Gasteiger partial charge on any atom is 0.417 e. The van der Waals surface area contributed by atoms with Crippen LogP contribution in [0.25, 0.3) is 0 Å². The zero-order valence-electron chi connectivity index (χ0n) is 55.3. The Morgan fingerprint density at radius 2 is 1.27 bits per heavy atom. The van der Waals surface area contributed by atoms with Crippen LogP contribution in [-0.2, 0) is 65.3 Å². The van der Waals surface area contributed by atoms with E-state index in [2.05, 4.69) is 16.0 Å². The van der Waals surface area contributed by atoms with E-state index in [0.29, 0.717) is 24.8 Å². The predicted octanol–water partition coefficient (Wildman–Crippen LogP) is 5.12. The maximum atomic E-state index is 15.0. The van der Waals surface area contributed by atoms with Crippen LogP contribution in [0.5, 0.6) is 0 Å². The molecule has 4 aliphatic rings. The van der Waals surface area contributed by atoms with Crippen molar-refractivity contribution in [2.24, 2.45) is 23.7 Å².